The lowest BCUT2D eigenvalue weighted by Gasteiger charge is -2.40. The maximum Gasteiger partial charge on any atom is 0.0889 e. The van der Waals surface area contributed by atoms with Crippen LogP contribution in [0.5, 0.6) is 0 Å². The maximum atomic E-state index is 6.30. The summed E-state index contributed by atoms with van der Waals surface area (Å²) in [6.45, 7) is 7.12. The molecule has 1 aliphatic rings. The van der Waals surface area contributed by atoms with Crippen LogP contribution in [0.3, 0.4) is 0 Å². The molecule has 0 aliphatic heterocycles. The van der Waals surface area contributed by atoms with Crippen molar-refractivity contribution in [3.8, 4) is 0 Å². The Labute approximate surface area is 129 Å². The van der Waals surface area contributed by atoms with E-state index in [0.717, 1.165) is 19.4 Å². The Morgan fingerprint density at radius 3 is 2.38 bits per heavy atom. The molecule has 3 N–H and O–H groups in total. The molecule has 3 nitrogen and oxygen atoms in total. The van der Waals surface area contributed by atoms with Gasteiger partial charge < -0.3 is 4.74 Å². The number of aryl methyl sites for hydroxylation is 2. The van der Waals surface area contributed by atoms with Crippen molar-refractivity contribution in [3.05, 3.63) is 34.9 Å². The second-order valence-electron chi connectivity index (χ2n) is 6.37. The number of hydrazine groups is 1. The predicted molar refractivity (Wildman–Crippen MR) is 88.0 cm³/mol. The van der Waals surface area contributed by atoms with Gasteiger partial charge in [0, 0.05) is 6.61 Å². The molecule has 0 amide bonds. The van der Waals surface area contributed by atoms with Crippen LogP contribution in [0, 0.1) is 13.8 Å². The summed E-state index contributed by atoms with van der Waals surface area (Å²) in [5, 5.41) is 0. The van der Waals surface area contributed by atoms with Crippen molar-refractivity contribution < 1.29 is 4.74 Å². The predicted octanol–water partition coefficient (Wildman–Crippen LogP) is 3.94. The van der Waals surface area contributed by atoms with E-state index in [2.05, 4.69) is 44.4 Å². The Morgan fingerprint density at radius 2 is 1.86 bits per heavy atom. The van der Waals surface area contributed by atoms with Crippen molar-refractivity contribution in [2.75, 3.05) is 6.61 Å². The molecule has 0 saturated heterocycles. The van der Waals surface area contributed by atoms with E-state index in [4.69, 9.17) is 10.6 Å². The fraction of sp³-hybridized carbons (Fsp3) is 0.667. The zero-order chi connectivity index (χ0) is 15.3. The third kappa shape index (κ3) is 3.65. The molecule has 1 fully saturated rings. The average molecular weight is 290 g/mol. The molecule has 1 aliphatic carbocycles. The van der Waals surface area contributed by atoms with Gasteiger partial charge in [-0.15, -0.1) is 0 Å². The lowest BCUT2D eigenvalue weighted by Crippen LogP contribution is -2.48. The standard InChI is InChI=1S/C18H30N2O/c1-4-21-18(11-7-5-6-8-12-18)17(20-19)16-10-9-14(2)13-15(16)3/h9-10,13,17,20H,4-8,11-12,19H2,1-3H3. The summed E-state index contributed by atoms with van der Waals surface area (Å²) in [6, 6.07) is 6.68. The van der Waals surface area contributed by atoms with Crippen molar-refractivity contribution in [1.29, 1.82) is 0 Å². The molecule has 118 valence electrons. The number of rotatable bonds is 5. The van der Waals surface area contributed by atoms with Gasteiger partial charge in [0.25, 0.3) is 0 Å². The molecular weight excluding hydrogens is 260 g/mol. The first-order chi connectivity index (χ1) is 10.1. The molecule has 3 heteroatoms. The SMILES string of the molecule is CCOC1(C(NN)c2ccc(C)cc2C)CCCCCC1. The Bertz CT molecular complexity index is 451. The highest BCUT2D eigenvalue weighted by Gasteiger charge is 2.40. The van der Waals surface area contributed by atoms with E-state index in [0.29, 0.717) is 0 Å². The second kappa shape index (κ2) is 7.39. The molecule has 1 saturated carbocycles. The van der Waals surface area contributed by atoms with E-state index in [9.17, 15) is 0 Å². The Hall–Kier alpha value is -0.900. The second-order valence-corrected chi connectivity index (χ2v) is 6.37. The van der Waals surface area contributed by atoms with Crippen LogP contribution in [-0.4, -0.2) is 12.2 Å². The van der Waals surface area contributed by atoms with Gasteiger partial charge in [-0.3, -0.25) is 11.3 Å². The molecule has 0 radical (unpaired) electrons. The van der Waals surface area contributed by atoms with E-state index in [1.165, 1.54) is 42.4 Å². The Morgan fingerprint density at radius 1 is 1.19 bits per heavy atom. The fourth-order valence-electron chi connectivity index (χ4n) is 3.81. The number of hydrogen-bond acceptors (Lipinski definition) is 3. The summed E-state index contributed by atoms with van der Waals surface area (Å²) in [5.74, 6) is 5.98. The zero-order valence-corrected chi connectivity index (χ0v) is 13.7. The van der Waals surface area contributed by atoms with Gasteiger partial charge in [-0.05, 0) is 44.7 Å². The minimum absolute atomic E-state index is 0.0659. The molecule has 21 heavy (non-hydrogen) atoms. The fourth-order valence-corrected chi connectivity index (χ4v) is 3.81. The summed E-state index contributed by atoms with van der Waals surface area (Å²) < 4.78 is 6.30. The first-order valence-corrected chi connectivity index (χ1v) is 8.30. The highest BCUT2D eigenvalue weighted by molar-refractivity contribution is 5.34. The number of benzene rings is 1. The van der Waals surface area contributed by atoms with Crippen molar-refractivity contribution in [3.63, 3.8) is 0 Å². The highest BCUT2D eigenvalue weighted by atomic mass is 16.5. The van der Waals surface area contributed by atoms with Crippen LogP contribution in [0.15, 0.2) is 18.2 Å². The van der Waals surface area contributed by atoms with Gasteiger partial charge in [0.2, 0.25) is 0 Å². The van der Waals surface area contributed by atoms with Gasteiger partial charge in [0.1, 0.15) is 0 Å². The molecule has 0 bridgehead atoms. The number of nitrogens with one attached hydrogen (secondary N) is 1. The third-order valence-corrected chi connectivity index (χ3v) is 4.81. The van der Waals surface area contributed by atoms with E-state index in [1.54, 1.807) is 0 Å². The number of nitrogens with two attached hydrogens (primary N) is 1. The Balaban J connectivity index is 2.38. The summed E-state index contributed by atoms with van der Waals surface area (Å²) in [5.41, 5.74) is 6.77. The van der Waals surface area contributed by atoms with Gasteiger partial charge in [0.05, 0.1) is 11.6 Å². The summed E-state index contributed by atoms with van der Waals surface area (Å²) in [4.78, 5) is 0. The number of ether oxygens (including phenoxy) is 1. The molecule has 2 rings (SSSR count). The minimum Gasteiger partial charge on any atom is -0.373 e. The van der Waals surface area contributed by atoms with Crippen LogP contribution in [0.2, 0.25) is 0 Å². The summed E-state index contributed by atoms with van der Waals surface area (Å²) in [7, 11) is 0. The molecular formula is C18H30N2O. The summed E-state index contributed by atoms with van der Waals surface area (Å²) in [6.07, 6.45) is 7.23. The van der Waals surface area contributed by atoms with E-state index < -0.39 is 0 Å². The maximum absolute atomic E-state index is 6.30. The van der Waals surface area contributed by atoms with E-state index in [-0.39, 0.29) is 11.6 Å². The Kier molecular flexibility index (Phi) is 5.80. The zero-order valence-electron chi connectivity index (χ0n) is 13.7. The van der Waals surface area contributed by atoms with Crippen LogP contribution >= 0.6 is 0 Å². The van der Waals surface area contributed by atoms with Gasteiger partial charge in [0.15, 0.2) is 0 Å². The average Bonchev–Trinajstić information content (AvgIpc) is 2.69. The van der Waals surface area contributed by atoms with Gasteiger partial charge >= 0.3 is 0 Å². The monoisotopic (exact) mass is 290 g/mol. The smallest absolute Gasteiger partial charge is 0.0889 e. The topological polar surface area (TPSA) is 47.3 Å². The highest BCUT2D eigenvalue weighted by Crippen LogP contribution is 2.41. The molecule has 1 aromatic rings. The van der Waals surface area contributed by atoms with E-state index >= 15 is 0 Å². The largest absolute Gasteiger partial charge is 0.373 e. The first-order valence-electron chi connectivity index (χ1n) is 8.30. The molecule has 0 aromatic heterocycles. The molecule has 0 heterocycles. The van der Waals surface area contributed by atoms with Gasteiger partial charge in [-0.2, -0.15) is 0 Å². The van der Waals surface area contributed by atoms with Crippen molar-refractivity contribution in [2.45, 2.75) is 70.9 Å². The first kappa shape index (κ1) is 16.5. The quantitative estimate of drug-likeness (QED) is 0.490. The van der Waals surface area contributed by atoms with Crippen molar-refractivity contribution in [2.24, 2.45) is 5.84 Å². The normalized spacial score (nSPS) is 20.0. The van der Waals surface area contributed by atoms with Crippen molar-refractivity contribution in [1.82, 2.24) is 5.43 Å². The van der Waals surface area contributed by atoms with E-state index in [1.807, 2.05) is 0 Å². The third-order valence-electron chi connectivity index (χ3n) is 4.81. The van der Waals surface area contributed by atoms with Gasteiger partial charge in [-0.25, -0.2) is 0 Å². The molecule has 1 aromatic carbocycles. The summed E-state index contributed by atoms with van der Waals surface area (Å²) >= 11 is 0. The lowest BCUT2D eigenvalue weighted by molar-refractivity contribution is -0.0784. The number of hydrogen-bond donors (Lipinski definition) is 2. The van der Waals surface area contributed by atoms with Gasteiger partial charge in [-0.1, -0.05) is 49.4 Å². The molecule has 1 atom stereocenters. The van der Waals surface area contributed by atoms with Crippen LogP contribution < -0.4 is 11.3 Å². The van der Waals surface area contributed by atoms with Crippen molar-refractivity contribution >= 4 is 0 Å². The van der Waals surface area contributed by atoms with Crippen LogP contribution in [0.25, 0.3) is 0 Å². The lowest BCUT2D eigenvalue weighted by atomic mass is 9.81. The molecule has 1 unspecified atom stereocenters. The molecule has 0 spiro atoms. The van der Waals surface area contributed by atoms with Crippen LogP contribution in [0.1, 0.15) is 68.2 Å². The van der Waals surface area contributed by atoms with Crippen LogP contribution in [-0.2, 0) is 4.74 Å². The minimum atomic E-state index is -0.167. The van der Waals surface area contributed by atoms with Crippen LogP contribution in [0.4, 0.5) is 0 Å².